The summed E-state index contributed by atoms with van der Waals surface area (Å²) in [7, 11) is -3.79. The number of carbonyl (C=O) groups excluding carboxylic acids is 2. The van der Waals surface area contributed by atoms with Crippen molar-refractivity contribution >= 4 is 39.1 Å². The highest BCUT2D eigenvalue weighted by atomic mass is 35.5. The van der Waals surface area contributed by atoms with Crippen molar-refractivity contribution in [2.24, 2.45) is 0 Å². The topological polar surface area (TPSA) is 86.8 Å². The minimum atomic E-state index is -3.79. The highest BCUT2D eigenvalue weighted by Crippen LogP contribution is 2.21. The van der Waals surface area contributed by atoms with Crippen molar-refractivity contribution < 1.29 is 18.0 Å². The summed E-state index contributed by atoms with van der Waals surface area (Å²) in [5.74, 6) is -0.818. The molecule has 0 heterocycles. The fourth-order valence-electron chi connectivity index (χ4n) is 4.00. The van der Waals surface area contributed by atoms with Crippen molar-refractivity contribution in [2.45, 2.75) is 32.9 Å². The lowest BCUT2D eigenvalue weighted by atomic mass is 10.0. The number of anilines is 1. The van der Waals surface area contributed by atoms with Gasteiger partial charge in [-0.05, 0) is 49.2 Å². The van der Waals surface area contributed by atoms with Gasteiger partial charge < -0.3 is 10.2 Å². The summed E-state index contributed by atoms with van der Waals surface area (Å²) in [6, 6.07) is 22.5. The molecule has 0 unspecified atom stereocenters. The second-order valence-electron chi connectivity index (χ2n) is 8.86. The molecule has 0 spiro atoms. The predicted molar refractivity (Wildman–Crippen MR) is 148 cm³/mol. The summed E-state index contributed by atoms with van der Waals surface area (Å²) in [6.07, 6.45) is 1.33. The number of likely N-dealkylation sites (N-methyl/N-ethyl adjacent to an activating group) is 1. The first-order chi connectivity index (χ1) is 17.6. The Morgan fingerprint density at radius 3 is 2.19 bits per heavy atom. The molecule has 1 N–H and O–H groups in total. The fourth-order valence-corrected chi connectivity index (χ4v) is 5.07. The molecule has 37 heavy (non-hydrogen) atoms. The zero-order valence-corrected chi connectivity index (χ0v) is 22.8. The molecule has 3 aromatic carbocycles. The van der Waals surface area contributed by atoms with E-state index < -0.39 is 28.5 Å². The molecule has 1 atom stereocenters. The van der Waals surface area contributed by atoms with E-state index in [1.165, 1.54) is 4.90 Å². The van der Waals surface area contributed by atoms with E-state index in [0.29, 0.717) is 17.3 Å². The van der Waals surface area contributed by atoms with Gasteiger partial charge in [-0.25, -0.2) is 8.42 Å². The Morgan fingerprint density at radius 1 is 0.946 bits per heavy atom. The zero-order valence-electron chi connectivity index (χ0n) is 21.2. The Balaban J connectivity index is 2.03. The number of halogens is 1. The van der Waals surface area contributed by atoms with E-state index in [-0.39, 0.29) is 18.9 Å². The standard InChI is InChI=1S/C28H32ClN3O4S/c1-4-30-28(34)26(18-22-9-6-5-7-10-22)31(19-23-11-8-12-24(29)17-23)27(33)20-32(37(3,35)36)25-15-13-21(2)14-16-25/h5-17,26H,4,18-20H2,1-3H3,(H,30,34)/t26-/m1/s1. The lowest BCUT2D eigenvalue weighted by molar-refractivity contribution is -0.140. The van der Waals surface area contributed by atoms with Crippen molar-refractivity contribution in [3.63, 3.8) is 0 Å². The van der Waals surface area contributed by atoms with E-state index in [1.807, 2.05) is 50.2 Å². The van der Waals surface area contributed by atoms with Gasteiger partial charge >= 0.3 is 0 Å². The number of nitrogens with one attached hydrogen (secondary N) is 1. The van der Waals surface area contributed by atoms with E-state index >= 15 is 0 Å². The second-order valence-corrected chi connectivity index (χ2v) is 11.2. The van der Waals surface area contributed by atoms with Crippen LogP contribution in [0.3, 0.4) is 0 Å². The van der Waals surface area contributed by atoms with Crippen LogP contribution in [0.4, 0.5) is 5.69 Å². The molecule has 0 fully saturated rings. The van der Waals surface area contributed by atoms with Crippen LogP contribution in [0.1, 0.15) is 23.6 Å². The molecule has 2 amide bonds. The maximum absolute atomic E-state index is 13.9. The lowest BCUT2D eigenvalue weighted by Crippen LogP contribution is -2.53. The Bertz CT molecular complexity index is 1310. The van der Waals surface area contributed by atoms with Crippen LogP contribution >= 0.6 is 11.6 Å². The van der Waals surface area contributed by atoms with Gasteiger partial charge in [-0.15, -0.1) is 0 Å². The number of sulfonamides is 1. The molecular weight excluding hydrogens is 510 g/mol. The smallest absolute Gasteiger partial charge is 0.244 e. The fraction of sp³-hybridized carbons (Fsp3) is 0.286. The van der Waals surface area contributed by atoms with Gasteiger partial charge in [-0.2, -0.15) is 0 Å². The number of aryl methyl sites for hydroxylation is 1. The van der Waals surface area contributed by atoms with Crippen molar-refractivity contribution in [3.05, 3.63) is 101 Å². The van der Waals surface area contributed by atoms with Crippen LogP contribution in [0.5, 0.6) is 0 Å². The third-order valence-corrected chi connectivity index (χ3v) is 7.24. The third-order valence-electron chi connectivity index (χ3n) is 5.87. The summed E-state index contributed by atoms with van der Waals surface area (Å²) in [6.45, 7) is 3.73. The Kier molecular flexibility index (Phi) is 9.72. The normalized spacial score (nSPS) is 12.0. The Hall–Kier alpha value is -3.36. The number of benzene rings is 3. The molecule has 7 nitrogen and oxygen atoms in total. The molecule has 0 bridgehead atoms. The molecule has 0 saturated carbocycles. The van der Waals surface area contributed by atoms with Crippen molar-refractivity contribution in [1.82, 2.24) is 10.2 Å². The van der Waals surface area contributed by atoms with Gasteiger partial charge in [-0.1, -0.05) is 71.8 Å². The van der Waals surface area contributed by atoms with E-state index in [2.05, 4.69) is 5.32 Å². The van der Waals surface area contributed by atoms with E-state index in [9.17, 15) is 18.0 Å². The van der Waals surface area contributed by atoms with Gasteiger partial charge in [0.1, 0.15) is 12.6 Å². The molecule has 0 radical (unpaired) electrons. The molecule has 0 aromatic heterocycles. The predicted octanol–water partition coefficient (Wildman–Crippen LogP) is 4.19. The Labute approximate surface area is 224 Å². The molecule has 9 heteroatoms. The van der Waals surface area contributed by atoms with Crippen LogP contribution in [-0.2, 0) is 32.6 Å². The van der Waals surface area contributed by atoms with E-state index in [4.69, 9.17) is 11.6 Å². The van der Waals surface area contributed by atoms with Crippen LogP contribution in [0.2, 0.25) is 5.02 Å². The molecule has 0 aliphatic rings. The van der Waals surface area contributed by atoms with Gasteiger partial charge in [0.2, 0.25) is 21.8 Å². The number of rotatable bonds is 11. The largest absolute Gasteiger partial charge is 0.355 e. The van der Waals surface area contributed by atoms with Crippen LogP contribution in [0.25, 0.3) is 0 Å². The molecular formula is C28H32ClN3O4S. The van der Waals surface area contributed by atoms with Gasteiger partial charge in [0.15, 0.2) is 0 Å². The maximum Gasteiger partial charge on any atom is 0.244 e. The summed E-state index contributed by atoms with van der Waals surface area (Å²) in [5, 5.41) is 3.33. The summed E-state index contributed by atoms with van der Waals surface area (Å²) in [4.78, 5) is 28.6. The minimum absolute atomic E-state index is 0.0829. The lowest BCUT2D eigenvalue weighted by Gasteiger charge is -2.33. The van der Waals surface area contributed by atoms with Crippen LogP contribution < -0.4 is 9.62 Å². The first kappa shape index (κ1) is 28.2. The van der Waals surface area contributed by atoms with Gasteiger partial charge in [0.25, 0.3) is 0 Å². The van der Waals surface area contributed by atoms with E-state index in [1.54, 1.807) is 42.5 Å². The first-order valence-corrected chi connectivity index (χ1v) is 14.2. The first-order valence-electron chi connectivity index (χ1n) is 12.0. The molecule has 3 aromatic rings. The monoisotopic (exact) mass is 541 g/mol. The number of hydrogen-bond donors (Lipinski definition) is 1. The molecule has 3 rings (SSSR count). The van der Waals surface area contributed by atoms with E-state index in [0.717, 1.165) is 27.3 Å². The summed E-state index contributed by atoms with van der Waals surface area (Å²) >= 11 is 6.20. The summed E-state index contributed by atoms with van der Waals surface area (Å²) in [5.41, 5.74) is 2.94. The minimum Gasteiger partial charge on any atom is -0.355 e. The highest BCUT2D eigenvalue weighted by Gasteiger charge is 2.32. The molecule has 0 saturated heterocycles. The van der Waals surface area contributed by atoms with Gasteiger partial charge in [0, 0.05) is 24.5 Å². The highest BCUT2D eigenvalue weighted by molar-refractivity contribution is 7.92. The van der Waals surface area contributed by atoms with Crippen molar-refractivity contribution in [1.29, 1.82) is 0 Å². The average Bonchev–Trinajstić information content (AvgIpc) is 2.85. The van der Waals surface area contributed by atoms with Crippen molar-refractivity contribution in [2.75, 3.05) is 23.7 Å². The van der Waals surface area contributed by atoms with Crippen LogP contribution in [0.15, 0.2) is 78.9 Å². The summed E-state index contributed by atoms with van der Waals surface area (Å²) < 4.78 is 26.5. The molecule has 196 valence electrons. The molecule has 0 aliphatic heterocycles. The zero-order chi connectivity index (χ0) is 27.0. The molecule has 0 aliphatic carbocycles. The van der Waals surface area contributed by atoms with Gasteiger partial charge in [0.05, 0.1) is 11.9 Å². The van der Waals surface area contributed by atoms with Gasteiger partial charge in [-0.3, -0.25) is 13.9 Å². The number of nitrogens with zero attached hydrogens (tertiary/aromatic N) is 2. The van der Waals surface area contributed by atoms with Crippen LogP contribution in [0, 0.1) is 6.92 Å². The average molecular weight is 542 g/mol. The van der Waals surface area contributed by atoms with Crippen LogP contribution in [-0.4, -0.2) is 50.5 Å². The maximum atomic E-state index is 13.9. The third kappa shape index (κ3) is 8.06. The van der Waals surface area contributed by atoms with Crippen molar-refractivity contribution in [3.8, 4) is 0 Å². The number of amides is 2. The quantitative estimate of drug-likeness (QED) is 0.394. The Morgan fingerprint density at radius 2 is 1.59 bits per heavy atom. The second kappa shape index (κ2) is 12.7. The SMILES string of the molecule is CCNC(=O)[C@@H](Cc1ccccc1)N(Cc1cccc(Cl)c1)C(=O)CN(c1ccc(C)cc1)S(C)(=O)=O. The number of hydrogen-bond acceptors (Lipinski definition) is 4. The number of carbonyl (C=O) groups is 2.